The molecular weight excluding hydrogens is 1010 g/mol. The van der Waals surface area contributed by atoms with Crippen molar-refractivity contribution in [3.63, 3.8) is 0 Å². The fraction of sp³-hybridized carbons (Fsp3) is 0.671. The second-order valence-corrected chi connectivity index (χ2v) is 22.3. The van der Waals surface area contributed by atoms with Crippen LogP contribution in [0, 0.1) is 0 Å². The van der Waals surface area contributed by atoms with Gasteiger partial charge in [0.2, 0.25) is 0 Å². The first kappa shape index (κ1) is 77.5. The van der Waals surface area contributed by atoms with Crippen molar-refractivity contribution in [2.24, 2.45) is 0 Å². The summed E-state index contributed by atoms with van der Waals surface area (Å²) in [5.41, 5.74) is 0. The zero-order valence-electron chi connectivity index (χ0n) is 53.5. The molecule has 0 amide bonds. The van der Waals surface area contributed by atoms with E-state index in [2.05, 4.69) is 154 Å². The number of carbonyl (C=O) groups excluding carboxylic acids is 3. The summed E-state index contributed by atoms with van der Waals surface area (Å²) in [4.78, 5) is 38.4. The van der Waals surface area contributed by atoms with Crippen LogP contribution in [0.25, 0.3) is 0 Å². The van der Waals surface area contributed by atoms with E-state index in [4.69, 9.17) is 14.2 Å². The van der Waals surface area contributed by atoms with E-state index in [0.717, 1.165) is 141 Å². The van der Waals surface area contributed by atoms with Gasteiger partial charge in [-0.15, -0.1) is 0 Å². The van der Waals surface area contributed by atoms with E-state index in [-0.39, 0.29) is 31.1 Å². The summed E-state index contributed by atoms with van der Waals surface area (Å²) < 4.78 is 17.0. The quantitative estimate of drug-likeness (QED) is 0.0261. The van der Waals surface area contributed by atoms with Crippen LogP contribution in [0.1, 0.15) is 310 Å². The number of hydrogen-bond acceptors (Lipinski definition) is 6. The lowest BCUT2D eigenvalue weighted by atomic mass is 10.0. The summed E-state index contributed by atoms with van der Waals surface area (Å²) in [6.07, 6.45) is 97.5. The zero-order valence-corrected chi connectivity index (χ0v) is 53.5. The van der Waals surface area contributed by atoms with Gasteiger partial charge in [-0.25, -0.2) is 0 Å². The largest absolute Gasteiger partial charge is 0.462 e. The normalized spacial score (nSPS) is 13.0. The summed E-state index contributed by atoms with van der Waals surface area (Å²) >= 11 is 0. The van der Waals surface area contributed by atoms with Gasteiger partial charge in [0.05, 0.1) is 0 Å². The molecular formula is C76H126O6. The third kappa shape index (κ3) is 66.4. The van der Waals surface area contributed by atoms with Gasteiger partial charge in [-0.2, -0.15) is 0 Å². The highest BCUT2D eigenvalue weighted by atomic mass is 16.6. The van der Waals surface area contributed by atoms with Crippen molar-refractivity contribution in [2.75, 3.05) is 13.2 Å². The molecule has 0 aromatic heterocycles. The zero-order chi connectivity index (χ0) is 59.2. The van der Waals surface area contributed by atoms with E-state index in [9.17, 15) is 14.4 Å². The van der Waals surface area contributed by atoms with Crippen LogP contribution in [0.15, 0.2) is 134 Å². The van der Waals surface area contributed by atoms with E-state index in [0.29, 0.717) is 19.3 Å². The molecule has 0 aliphatic carbocycles. The number of unbranched alkanes of at least 4 members (excludes halogenated alkanes) is 28. The smallest absolute Gasteiger partial charge is 0.306 e. The van der Waals surface area contributed by atoms with Gasteiger partial charge in [0, 0.05) is 19.3 Å². The predicted molar refractivity (Wildman–Crippen MR) is 357 cm³/mol. The number of hydrogen-bond donors (Lipinski definition) is 0. The average molecular weight is 1140 g/mol. The highest BCUT2D eigenvalue weighted by Gasteiger charge is 2.19. The van der Waals surface area contributed by atoms with Crippen molar-refractivity contribution in [3.05, 3.63) is 134 Å². The molecule has 1 unspecified atom stereocenters. The molecule has 82 heavy (non-hydrogen) atoms. The first-order valence-electron chi connectivity index (χ1n) is 34.2. The van der Waals surface area contributed by atoms with Crippen LogP contribution in [0.4, 0.5) is 0 Å². The van der Waals surface area contributed by atoms with E-state index in [1.54, 1.807) is 0 Å². The molecule has 1 atom stereocenters. The molecule has 0 N–H and O–H groups in total. The van der Waals surface area contributed by atoms with Gasteiger partial charge >= 0.3 is 17.9 Å². The highest BCUT2D eigenvalue weighted by Crippen LogP contribution is 2.16. The minimum atomic E-state index is -0.789. The van der Waals surface area contributed by atoms with Crippen LogP contribution in [0.3, 0.4) is 0 Å². The summed E-state index contributed by atoms with van der Waals surface area (Å²) in [5.74, 6) is -0.891. The van der Waals surface area contributed by atoms with Gasteiger partial charge in [0.1, 0.15) is 13.2 Å². The number of allylic oxidation sites excluding steroid dienone is 22. The number of esters is 3. The molecule has 0 aromatic carbocycles. The summed E-state index contributed by atoms with van der Waals surface area (Å²) in [5, 5.41) is 0. The minimum absolute atomic E-state index is 0.0835. The third-order valence-electron chi connectivity index (χ3n) is 14.4. The van der Waals surface area contributed by atoms with Gasteiger partial charge in [-0.1, -0.05) is 309 Å². The van der Waals surface area contributed by atoms with Crippen molar-refractivity contribution in [3.8, 4) is 0 Å². The van der Waals surface area contributed by atoms with Gasteiger partial charge < -0.3 is 14.2 Å². The molecule has 0 fully saturated rings. The second-order valence-electron chi connectivity index (χ2n) is 22.3. The number of rotatable bonds is 61. The van der Waals surface area contributed by atoms with E-state index in [1.807, 2.05) is 0 Å². The lowest BCUT2D eigenvalue weighted by Gasteiger charge is -2.18. The maximum atomic E-state index is 12.9. The Hall–Kier alpha value is -4.45. The second kappa shape index (κ2) is 69.0. The molecule has 0 saturated carbocycles. The fourth-order valence-electron chi connectivity index (χ4n) is 9.36. The Balaban J connectivity index is 4.33. The van der Waals surface area contributed by atoms with Gasteiger partial charge in [-0.3, -0.25) is 14.4 Å². The SMILES string of the molecule is CC/C=C\C/C=C\C/C=C\C/C=C\C/C=C\C/C=C\CCCCCCCCCCC(=O)OCC(COC(=O)CCCCCCCCCCCCCC)OC(=O)CCCCCCCCCCC/C=C\C/C=C\C/C=C\C/C=C\C/C=C\CC. The maximum absolute atomic E-state index is 12.9. The van der Waals surface area contributed by atoms with Crippen molar-refractivity contribution in [1.29, 1.82) is 0 Å². The molecule has 466 valence electrons. The lowest BCUT2D eigenvalue weighted by molar-refractivity contribution is -0.167. The molecule has 6 heteroatoms. The molecule has 0 radical (unpaired) electrons. The van der Waals surface area contributed by atoms with Crippen molar-refractivity contribution < 1.29 is 28.6 Å². The van der Waals surface area contributed by atoms with Gasteiger partial charge in [-0.05, 0) is 116 Å². The summed E-state index contributed by atoms with van der Waals surface area (Å²) in [7, 11) is 0. The number of carbonyl (C=O) groups is 3. The molecule has 0 bridgehead atoms. The molecule has 0 heterocycles. The first-order valence-corrected chi connectivity index (χ1v) is 34.2. The summed E-state index contributed by atoms with van der Waals surface area (Å²) in [6.45, 7) is 6.42. The Morgan fingerprint density at radius 3 is 0.744 bits per heavy atom. The molecule has 0 aliphatic rings. The van der Waals surface area contributed by atoms with Crippen molar-refractivity contribution in [2.45, 2.75) is 316 Å². The lowest BCUT2D eigenvalue weighted by Crippen LogP contribution is -2.30. The fourth-order valence-corrected chi connectivity index (χ4v) is 9.36. The molecule has 6 nitrogen and oxygen atoms in total. The molecule has 0 aromatic rings. The van der Waals surface area contributed by atoms with Crippen LogP contribution >= 0.6 is 0 Å². The minimum Gasteiger partial charge on any atom is -0.462 e. The Kier molecular flexibility index (Phi) is 65.3. The van der Waals surface area contributed by atoms with Crippen molar-refractivity contribution in [1.82, 2.24) is 0 Å². The summed E-state index contributed by atoms with van der Waals surface area (Å²) in [6, 6.07) is 0. The van der Waals surface area contributed by atoms with Crippen LogP contribution < -0.4 is 0 Å². The standard InChI is InChI=1S/C76H126O6/c1-4-7-10-13-16-19-22-25-27-29-31-33-35-37-38-40-41-43-45-47-49-51-54-57-60-63-66-69-75(78)81-72-73(71-80-74(77)68-65-62-59-56-53-24-21-18-15-12-9-6-3)82-76(79)70-67-64-61-58-55-52-50-48-46-44-42-39-36-34-32-30-28-26-23-20-17-14-11-8-5-2/h7-8,10-11,16-17,19-20,25-28,31-34,37-39,41-43,73H,4-6,9,12-15,18,21-24,29-30,35-36,40,44-72H2,1-3H3/b10-7-,11-8-,19-16-,20-17-,27-25-,28-26-,33-31-,34-32-,38-37-,42-39-,43-41-. The molecule has 0 rings (SSSR count). The van der Waals surface area contributed by atoms with E-state index < -0.39 is 6.10 Å². The van der Waals surface area contributed by atoms with Crippen LogP contribution in [0.5, 0.6) is 0 Å². The molecule has 0 spiro atoms. The van der Waals surface area contributed by atoms with Crippen LogP contribution in [0.2, 0.25) is 0 Å². The Morgan fingerprint density at radius 1 is 0.256 bits per heavy atom. The van der Waals surface area contributed by atoms with Gasteiger partial charge in [0.25, 0.3) is 0 Å². The Morgan fingerprint density at radius 2 is 0.476 bits per heavy atom. The first-order chi connectivity index (χ1) is 40.5. The van der Waals surface area contributed by atoms with Crippen LogP contribution in [-0.4, -0.2) is 37.2 Å². The highest BCUT2D eigenvalue weighted by molar-refractivity contribution is 5.71. The Labute approximate surface area is 506 Å². The third-order valence-corrected chi connectivity index (χ3v) is 14.4. The molecule has 0 saturated heterocycles. The topological polar surface area (TPSA) is 78.9 Å². The maximum Gasteiger partial charge on any atom is 0.306 e. The van der Waals surface area contributed by atoms with Crippen molar-refractivity contribution >= 4 is 17.9 Å². The number of ether oxygens (including phenoxy) is 3. The van der Waals surface area contributed by atoms with E-state index in [1.165, 1.54) is 128 Å². The predicted octanol–water partition coefficient (Wildman–Crippen LogP) is 23.7. The van der Waals surface area contributed by atoms with E-state index >= 15 is 0 Å². The Bertz CT molecular complexity index is 1730. The molecule has 0 aliphatic heterocycles. The van der Waals surface area contributed by atoms with Crippen LogP contribution in [-0.2, 0) is 28.6 Å². The monoisotopic (exact) mass is 1130 g/mol. The average Bonchev–Trinajstić information content (AvgIpc) is 3.47. The van der Waals surface area contributed by atoms with Gasteiger partial charge in [0.15, 0.2) is 6.10 Å².